The minimum absolute atomic E-state index is 0.109. The zero-order chi connectivity index (χ0) is 50.6. The van der Waals surface area contributed by atoms with Crippen LogP contribution < -0.4 is 34.1 Å². The van der Waals surface area contributed by atoms with Gasteiger partial charge in [0.05, 0.1) is 63.9 Å². The molecule has 0 aliphatic carbocycles. The summed E-state index contributed by atoms with van der Waals surface area (Å²) in [7, 11) is 2.42. The maximum absolute atomic E-state index is 14.5. The van der Waals surface area contributed by atoms with E-state index in [1.807, 2.05) is 0 Å². The van der Waals surface area contributed by atoms with Crippen LogP contribution in [0.3, 0.4) is 0 Å². The van der Waals surface area contributed by atoms with Gasteiger partial charge in [-0.25, -0.2) is 83.1 Å². The molecule has 0 bridgehead atoms. The van der Waals surface area contributed by atoms with Crippen LogP contribution in [0.4, 0.5) is 30.7 Å². The molecule has 2 aromatic carbocycles. The molecule has 0 saturated heterocycles. The second kappa shape index (κ2) is 24.0. The summed E-state index contributed by atoms with van der Waals surface area (Å²) in [6.45, 7) is -4.62. The Morgan fingerprint density at radius 3 is 1.46 bits per heavy atom. The summed E-state index contributed by atoms with van der Waals surface area (Å²) in [6.07, 6.45) is -28.9. The van der Waals surface area contributed by atoms with E-state index in [9.17, 15) is 83.8 Å². The van der Waals surface area contributed by atoms with Gasteiger partial charge in [0.1, 0.15) is 6.61 Å². The number of carbonyl (C=O) groups excluding carboxylic acids is 4. The van der Waals surface area contributed by atoms with Gasteiger partial charge >= 0.3 is 58.0 Å². The molecule has 0 radical (unpaired) electrons. The van der Waals surface area contributed by atoms with Crippen LogP contribution in [-0.2, 0) is 66.0 Å². The number of methoxy groups -OCH3 is 2. The number of benzene rings is 2. The highest BCUT2D eigenvalue weighted by atomic mass is 19.2. The molecule has 68 heavy (non-hydrogen) atoms. The van der Waals surface area contributed by atoms with Crippen LogP contribution in [0.5, 0.6) is 0 Å². The lowest BCUT2D eigenvalue weighted by atomic mass is 10.0. The zero-order valence-electron chi connectivity index (χ0n) is 35.5. The Bertz CT molecular complexity index is 2850. The Morgan fingerprint density at radius 2 is 0.971 bits per heavy atom. The van der Waals surface area contributed by atoms with Crippen molar-refractivity contribution in [3.05, 3.63) is 110 Å². The van der Waals surface area contributed by atoms with Crippen LogP contribution in [0.15, 0.2) is 65.2 Å². The predicted octanol–water partition coefficient (Wildman–Crippen LogP) is -0.533. The number of hydrogen-bond donors (Lipinski definition) is 2. The van der Waals surface area contributed by atoms with Crippen molar-refractivity contribution < 1.29 is 78.7 Å². The van der Waals surface area contributed by atoms with Gasteiger partial charge in [-0.1, -0.05) is 12.1 Å². The Balaban J connectivity index is 1.29. The highest BCUT2D eigenvalue weighted by Gasteiger charge is 2.47. The van der Waals surface area contributed by atoms with E-state index in [1.165, 1.54) is 31.4 Å². The lowest BCUT2D eigenvalue weighted by molar-refractivity contribution is -0.171. The first-order valence-corrected chi connectivity index (χ1v) is 19.8. The van der Waals surface area contributed by atoms with E-state index in [4.69, 9.17) is 9.47 Å². The van der Waals surface area contributed by atoms with Crippen LogP contribution in [0.25, 0.3) is 10.8 Å². The quantitative estimate of drug-likeness (QED) is 0.0507. The molecular formula is C39H41F7N6O16. The molecule has 2 N–H and O–H groups in total. The van der Waals surface area contributed by atoms with Crippen molar-refractivity contribution in [2.24, 2.45) is 0 Å². The second-order valence-electron chi connectivity index (χ2n) is 14.1. The monoisotopic (exact) mass is 982 g/mol. The molecule has 29 heteroatoms. The van der Waals surface area contributed by atoms with E-state index in [0.717, 1.165) is 19.2 Å². The number of aromatic nitrogens is 6. The first-order chi connectivity index (χ1) is 32.2. The molecule has 22 nitrogen and oxygen atoms in total. The Kier molecular flexibility index (Phi) is 18.9. The zero-order valence-corrected chi connectivity index (χ0v) is 35.5. The van der Waals surface area contributed by atoms with E-state index in [-0.39, 0.29) is 33.2 Å². The number of rotatable bonds is 24. The molecule has 372 valence electrons. The van der Waals surface area contributed by atoms with Crippen LogP contribution in [0.1, 0.15) is 33.6 Å². The number of hydrogen-bond acceptors (Lipinski definition) is 16. The number of fused-ring (bicyclic) bond motifs is 1. The number of ether oxygens (including phenoxy) is 5. The number of halogens is 7. The van der Waals surface area contributed by atoms with Gasteiger partial charge in [-0.3, -0.25) is 14.6 Å². The van der Waals surface area contributed by atoms with Gasteiger partial charge in [-0.05, 0) is 35.0 Å². The van der Waals surface area contributed by atoms with Crippen LogP contribution in [-0.4, -0.2) is 134 Å². The van der Waals surface area contributed by atoms with Crippen molar-refractivity contribution in [3.8, 4) is 0 Å². The van der Waals surface area contributed by atoms with Crippen molar-refractivity contribution in [1.29, 1.82) is 0 Å². The molecule has 0 fully saturated rings. The molecule has 0 saturated carbocycles. The number of esters is 4. The van der Waals surface area contributed by atoms with E-state index in [2.05, 4.69) is 14.2 Å². The van der Waals surface area contributed by atoms with Crippen LogP contribution in [0, 0.1) is 0 Å². The average Bonchev–Trinajstić information content (AvgIpc) is 3.31. The summed E-state index contributed by atoms with van der Waals surface area (Å²) < 4.78 is 126. The molecular weight excluding hydrogens is 941 g/mol. The first kappa shape index (κ1) is 53.4. The molecule has 2 aromatic heterocycles. The lowest BCUT2D eigenvalue weighted by Crippen LogP contribution is -2.55. The topological polar surface area (TPSA) is 278 Å². The number of nitrogens with zero attached hydrogens (tertiary/aromatic N) is 5. The molecule has 4 rings (SSSR count). The number of aromatic amines is 1. The van der Waals surface area contributed by atoms with Crippen molar-refractivity contribution in [2.75, 3.05) is 34.0 Å². The minimum atomic E-state index is -3.98. The third kappa shape index (κ3) is 12.8. The summed E-state index contributed by atoms with van der Waals surface area (Å²) in [5, 5.41) is 9.92. The van der Waals surface area contributed by atoms with Gasteiger partial charge < -0.3 is 28.8 Å². The third-order valence-corrected chi connectivity index (χ3v) is 9.73. The van der Waals surface area contributed by atoms with Crippen molar-refractivity contribution in [1.82, 2.24) is 27.8 Å². The standard InChI is InChI=1S/C39H41F7N6O16/c1-64-15-12-51-37(61)50(11-14-53)38(62)52(39(51)63)13-16-66-23(54)7-9-48-34(58)47-35(59)49(36(48)60)10-8-24(55)67-30(45)28(43)26(41)25(40)27(42)29(44)31(46)68-33(57)22-6-4-19-17-21(32(56)65-2)5-3-20(19)18-22/h3-6,17-18,25-31,53H,7-16H2,1-2H3,(H,47,58,59). The summed E-state index contributed by atoms with van der Waals surface area (Å²) in [5.74, 6) is -5.26. The van der Waals surface area contributed by atoms with Crippen LogP contribution >= 0.6 is 0 Å². The van der Waals surface area contributed by atoms with Gasteiger partial charge in [0.15, 0.2) is 18.5 Å². The molecule has 4 aromatic rings. The average molecular weight is 983 g/mol. The van der Waals surface area contributed by atoms with Gasteiger partial charge in [0.2, 0.25) is 12.3 Å². The van der Waals surface area contributed by atoms with Gasteiger partial charge in [0.25, 0.3) is 12.7 Å². The molecule has 7 unspecified atom stereocenters. The Morgan fingerprint density at radius 1 is 0.544 bits per heavy atom. The van der Waals surface area contributed by atoms with Crippen molar-refractivity contribution in [2.45, 2.75) is 89.1 Å². The highest BCUT2D eigenvalue weighted by Crippen LogP contribution is 2.28. The highest BCUT2D eigenvalue weighted by molar-refractivity contribution is 5.99. The Labute approximate surface area is 374 Å². The normalized spacial score (nSPS) is 14.6. The first-order valence-electron chi connectivity index (χ1n) is 19.8. The molecule has 7 atom stereocenters. The predicted molar refractivity (Wildman–Crippen MR) is 215 cm³/mol. The number of carbonyl (C=O) groups is 4. The summed E-state index contributed by atoms with van der Waals surface area (Å²) in [6, 6.07) is 7.46. The SMILES string of the molecule is COCCn1c(=O)n(CCO)c(=O)n(CCOC(=O)CCn2c(=O)[nH]c(=O)n(CCC(=O)OC(F)C(F)C(F)C(F)C(F)C(F)C(F)OC(=O)c3ccc4cc(C(=O)OC)ccc4c3)c2=O)c1=O. The van der Waals surface area contributed by atoms with Gasteiger partial charge in [-0.15, -0.1) is 0 Å². The molecule has 0 spiro atoms. The maximum atomic E-state index is 14.5. The number of nitrogens with one attached hydrogen (secondary N) is 1. The summed E-state index contributed by atoms with van der Waals surface area (Å²) in [5.41, 5.74) is -7.87. The Hall–Kier alpha value is -7.17. The van der Waals surface area contributed by atoms with Crippen molar-refractivity contribution in [3.63, 3.8) is 0 Å². The van der Waals surface area contributed by atoms with Crippen LogP contribution in [0.2, 0.25) is 0 Å². The molecule has 0 aliphatic rings. The third-order valence-electron chi connectivity index (χ3n) is 9.73. The summed E-state index contributed by atoms with van der Waals surface area (Å²) >= 11 is 0. The molecule has 2 heterocycles. The maximum Gasteiger partial charge on any atom is 0.340 e. The largest absolute Gasteiger partial charge is 0.465 e. The van der Waals surface area contributed by atoms with Gasteiger partial charge in [-0.2, -0.15) is 8.78 Å². The van der Waals surface area contributed by atoms with E-state index in [1.54, 1.807) is 4.98 Å². The fraction of sp³-hybridized carbons (Fsp3) is 0.487. The number of alkyl halides is 7. The minimum Gasteiger partial charge on any atom is -0.465 e. The van der Waals surface area contributed by atoms with Gasteiger partial charge in [0, 0.05) is 20.2 Å². The second-order valence-corrected chi connectivity index (χ2v) is 14.1. The number of H-pyrrole nitrogens is 1. The molecule has 0 amide bonds. The van der Waals surface area contributed by atoms with E-state index in [0.29, 0.717) is 19.1 Å². The summed E-state index contributed by atoms with van der Waals surface area (Å²) in [4.78, 5) is 126. The lowest BCUT2D eigenvalue weighted by Gasteiger charge is -2.25. The smallest absolute Gasteiger partial charge is 0.340 e. The van der Waals surface area contributed by atoms with Crippen molar-refractivity contribution >= 4 is 34.6 Å². The fourth-order valence-electron chi connectivity index (χ4n) is 6.13. The fourth-order valence-corrected chi connectivity index (χ4v) is 6.13. The molecule has 0 aliphatic heterocycles. The van der Waals surface area contributed by atoms with E-state index < -0.39 is 159 Å². The number of aliphatic hydroxyl groups excluding tert-OH is 1. The number of aliphatic hydroxyl groups is 1. The van der Waals surface area contributed by atoms with E-state index >= 15 is 0 Å².